The maximum absolute atomic E-state index is 12.7. The van der Waals surface area contributed by atoms with Crippen molar-refractivity contribution >= 4 is 5.91 Å². The van der Waals surface area contributed by atoms with Crippen LogP contribution in [0.25, 0.3) is 0 Å². The van der Waals surface area contributed by atoms with E-state index in [2.05, 4.69) is 10.6 Å². The molecule has 0 heterocycles. The lowest BCUT2D eigenvalue weighted by Crippen LogP contribution is -2.33. The van der Waals surface area contributed by atoms with Gasteiger partial charge in [0.2, 0.25) is 5.91 Å². The first-order chi connectivity index (χ1) is 9.22. The zero-order valence-electron chi connectivity index (χ0n) is 11.2. The number of nitrogens with one attached hydrogen (secondary N) is 2. The summed E-state index contributed by atoms with van der Waals surface area (Å²) in [4.78, 5) is 11.5. The van der Waals surface area contributed by atoms with Crippen molar-refractivity contribution in [1.29, 1.82) is 0 Å². The number of hydrogen-bond acceptors (Lipinski definition) is 3. The Morgan fingerprint density at radius 3 is 2.63 bits per heavy atom. The number of methoxy groups -OCH3 is 1. The lowest BCUT2D eigenvalue weighted by Gasteiger charge is -2.06. The summed E-state index contributed by atoms with van der Waals surface area (Å²) in [5.41, 5.74) is 0.967. The second-order valence-electron chi connectivity index (χ2n) is 4.22. The Hall–Kier alpha value is -1.46. The maximum Gasteiger partial charge on any atom is 0.220 e. The zero-order chi connectivity index (χ0) is 13.9. The van der Waals surface area contributed by atoms with Crippen molar-refractivity contribution in [1.82, 2.24) is 10.6 Å². The summed E-state index contributed by atoms with van der Waals surface area (Å²) in [5, 5.41) is 5.97. The predicted molar refractivity (Wildman–Crippen MR) is 72.5 cm³/mol. The van der Waals surface area contributed by atoms with Crippen molar-refractivity contribution in [3.63, 3.8) is 0 Å². The highest BCUT2D eigenvalue weighted by molar-refractivity contribution is 5.76. The molecule has 2 N–H and O–H groups in total. The first-order valence-corrected chi connectivity index (χ1v) is 6.43. The van der Waals surface area contributed by atoms with Crippen molar-refractivity contribution in [2.75, 3.05) is 33.4 Å². The van der Waals surface area contributed by atoms with Gasteiger partial charge in [-0.25, -0.2) is 4.39 Å². The maximum atomic E-state index is 12.7. The molecule has 0 spiro atoms. The van der Waals surface area contributed by atoms with E-state index in [0.717, 1.165) is 18.7 Å². The van der Waals surface area contributed by atoms with Gasteiger partial charge in [-0.05, 0) is 24.1 Å². The van der Waals surface area contributed by atoms with Gasteiger partial charge in [-0.1, -0.05) is 12.1 Å². The fourth-order valence-corrected chi connectivity index (χ4v) is 1.59. The van der Waals surface area contributed by atoms with Crippen LogP contribution in [-0.2, 0) is 16.0 Å². The average molecular weight is 268 g/mol. The van der Waals surface area contributed by atoms with E-state index in [1.165, 1.54) is 12.1 Å². The number of aryl methyl sites for hydroxylation is 1. The van der Waals surface area contributed by atoms with Crippen molar-refractivity contribution in [3.8, 4) is 0 Å². The molecule has 0 aromatic heterocycles. The zero-order valence-corrected chi connectivity index (χ0v) is 11.2. The molecule has 0 saturated heterocycles. The van der Waals surface area contributed by atoms with Crippen molar-refractivity contribution in [3.05, 3.63) is 35.6 Å². The van der Waals surface area contributed by atoms with Crippen LogP contribution >= 0.6 is 0 Å². The highest BCUT2D eigenvalue weighted by Gasteiger charge is 2.01. The predicted octanol–water partition coefficient (Wildman–Crippen LogP) is 1.11. The number of carbonyl (C=O) groups excluding carboxylic acids is 1. The van der Waals surface area contributed by atoms with E-state index in [4.69, 9.17) is 4.74 Å². The summed E-state index contributed by atoms with van der Waals surface area (Å²) in [6.07, 6.45) is 1.05. The summed E-state index contributed by atoms with van der Waals surface area (Å²) in [5.74, 6) is -0.242. The smallest absolute Gasteiger partial charge is 0.220 e. The molecule has 5 heteroatoms. The molecule has 0 aliphatic heterocycles. The number of hydrogen-bond donors (Lipinski definition) is 2. The van der Waals surface area contributed by atoms with Gasteiger partial charge in [-0.3, -0.25) is 4.79 Å². The third-order valence-electron chi connectivity index (χ3n) is 2.66. The fraction of sp³-hybridized carbons (Fsp3) is 0.500. The Kier molecular flexibility index (Phi) is 7.77. The van der Waals surface area contributed by atoms with Crippen LogP contribution in [0.5, 0.6) is 0 Å². The van der Waals surface area contributed by atoms with Crippen molar-refractivity contribution in [2.24, 2.45) is 0 Å². The molecule has 0 unspecified atom stereocenters. The number of halogens is 1. The molecule has 1 aromatic rings. The van der Waals surface area contributed by atoms with Gasteiger partial charge in [0.25, 0.3) is 0 Å². The minimum absolute atomic E-state index is 0.0119. The Labute approximate surface area is 113 Å². The van der Waals surface area contributed by atoms with E-state index in [1.54, 1.807) is 19.2 Å². The van der Waals surface area contributed by atoms with E-state index < -0.39 is 0 Å². The second-order valence-corrected chi connectivity index (χ2v) is 4.22. The molecule has 0 fully saturated rings. The van der Waals surface area contributed by atoms with E-state index in [1.807, 2.05) is 0 Å². The summed E-state index contributed by atoms with van der Waals surface area (Å²) in [7, 11) is 1.65. The number of benzene rings is 1. The van der Waals surface area contributed by atoms with Gasteiger partial charge >= 0.3 is 0 Å². The van der Waals surface area contributed by atoms with E-state index >= 15 is 0 Å². The van der Waals surface area contributed by atoms with Gasteiger partial charge in [0.1, 0.15) is 5.82 Å². The molecule has 1 aromatic carbocycles. The lowest BCUT2D eigenvalue weighted by molar-refractivity contribution is -0.121. The van der Waals surface area contributed by atoms with Crippen LogP contribution in [-0.4, -0.2) is 39.3 Å². The standard InChI is InChI=1S/C14H21FN2O2/c1-19-11-10-16-8-9-17-14(18)7-4-12-2-5-13(15)6-3-12/h2-3,5-6,16H,4,7-11H2,1H3,(H,17,18). The highest BCUT2D eigenvalue weighted by atomic mass is 19.1. The SMILES string of the molecule is COCCNCCNC(=O)CCc1ccc(F)cc1. The second kappa shape index (κ2) is 9.47. The molecular weight excluding hydrogens is 247 g/mol. The molecule has 0 aliphatic carbocycles. The number of rotatable bonds is 9. The monoisotopic (exact) mass is 268 g/mol. The summed E-state index contributed by atoms with van der Waals surface area (Å²) >= 11 is 0. The molecule has 0 aliphatic rings. The van der Waals surface area contributed by atoms with Gasteiger partial charge in [-0.2, -0.15) is 0 Å². The van der Waals surface area contributed by atoms with E-state index in [0.29, 0.717) is 26.0 Å². The molecule has 1 rings (SSSR count). The summed E-state index contributed by atoms with van der Waals surface area (Å²) < 4.78 is 17.6. The molecule has 0 saturated carbocycles. The Balaban J connectivity index is 2.06. The number of carbonyl (C=O) groups is 1. The number of ether oxygens (including phenoxy) is 1. The highest BCUT2D eigenvalue weighted by Crippen LogP contribution is 2.05. The van der Waals surface area contributed by atoms with Gasteiger partial charge in [-0.15, -0.1) is 0 Å². The van der Waals surface area contributed by atoms with Crippen LogP contribution in [0.15, 0.2) is 24.3 Å². The molecule has 106 valence electrons. The Morgan fingerprint density at radius 1 is 1.21 bits per heavy atom. The molecule has 0 atom stereocenters. The molecule has 1 amide bonds. The van der Waals surface area contributed by atoms with Crippen LogP contribution in [0, 0.1) is 5.82 Å². The average Bonchev–Trinajstić information content (AvgIpc) is 2.42. The fourth-order valence-electron chi connectivity index (χ4n) is 1.59. The lowest BCUT2D eigenvalue weighted by atomic mass is 10.1. The van der Waals surface area contributed by atoms with Gasteiger partial charge in [0.15, 0.2) is 0 Å². The van der Waals surface area contributed by atoms with Gasteiger partial charge in [0, 0.05) is 33.2 Å². The minimum Gasteiger partial charge on any atom is -0.383 e. The third-order valence-corrected chi connectivity index (χ3v) is 2.66. The molecule has 19 heavy (non-hydrogen) atoms. The van der Waals surface area contributed by atoms with Crippen LogP contribution in [0.2, 0.25) is 0 Å². The summed E-state index contributed by atoms with van der Waals surface area (Å²) in [6, 6.07) is 6.23. The molecule has 0 bridgehead atoms. The number of amides is 1. The largest absolute Gasteiger partial charge is 0.383 e. The topological polar surface area (TPSA) is 50.4 Å². The first kappa shape index (κ1) is 15.6. The Morgan fingerprint density at radius 2 is 1.95 bits per heavy atom. The molecular formula is C14H21FN2O2. The van der Waals surface area contributed by atoms with E-state index in [-0.39, 0.29) is 11.7 Å². The third kappa shape index (κ3) is 7.54. The van der Waals surface area contributed by atoms with Crippen LogP contribution < -0.4 is 10.6 Å². The van der Waals surface area contributed by atoms with Gasteiger partial charge < -0.3 is 15.4 Å². The Bertz CT molecular complexity index is 368. The van der Waals surface area contributed by atoms with E-state index in [9.17, 15) is 9.18 Å². The van der Waals surface area contributed by atoms with Crippen molar-refractivity contribution in [2.45, 2.75) is 12.8 Å². The van der Waals surface area contributed by atoms with Crippen LogP contribution in [0.1, 0.15) is 12.0 Å². The van der Waals surface area contributed by atoms with Gasteiger partial charge in [0.05, 0.1) is 6.61 Å². The first-order valence-electron chi connectivity index (χ1n) is 6.43. The molecule has 4 nitrogen and oxygen atoms in total. The quantitative estimate of drug-likeness (QED) is 0.660. The van der Waals surface area contributed by atoms with Crippen molar-refractivity contribution < 1.29 is 13.9 Å². The normalized spacial score (nSPS) is 10.4. The molecule has 0 radical (unpaired) electrons. The van der Waals surface area contributed by atoms with Crippen LogP contribution in [0.3, 0.4) is 0 Å². The minimum atomic E-state index is -0.254. The summed E-state index contributed by atoms with van der Waals surface area (Å²) in [6.45, 7) is 2.78. The van der Waals surface area contributed by atoms with Crippen LogP contribution in [0.4, 0.5) is 4.39 Å².